The fourth-order valence-corrected chi connectivity index (χ4v) is 7.54. The number of fused-ring (bicyclic) bond motifs is 4. The first-order chi connectivity index (χ1) is 29.4. The van der Waals surface area contributed by atoms with E-state index >= 15 is 0 Å². The molecule has 0 bridgehead atoms. The number of aromatic nitrogens is 2. The Kier molecular flexibility index (Phi) is 20.3. The Hall–Kier alpha value is -5.76. The molecule has 0 aliphatic carbocycles. The van der Waals surface area contributed by atoms with E-state index in [1.807, 2.05) is 142 Å². The Morgan fingerprint density at radius 1 is 0.500 bits per heavy atom. The van der Waals surface area contributed by atoms with E-state index in [0.29, 0.717) is 12.8 Å². The van der Waals surface area contributed by atoms with Crippen LogP contribution in [0.15, 0.2) is 109 Å². The van der Waals surface area contributed by atoms with E-state index in [4.69, 9.17) is 9.97 Å². The van der Waals surface area contributed by atoms with Crippen LogP contribution in [0.5, 0.6) is 0 Å². The molecule has 8 rings (SSSR count). The normalized spacial score (nSPS) is 11.7. The SMILES string of the molecule is CC.CC.CC.CC.CCC(=O)N(C)c1c2c(nc3ccccc13)N(Cc1ccccc1)CC2.CCC(=O)N(C)c1c2c(nc3ccccc13)N(Cc1ccccc1)CC2. The molecular weight excluding hydrogens is 741 g/mol. The highest BCUT2D eigenvalue weighted by atomic mass is 16.2. The van der Waals surface area contributed by atoms with Gasteiger partial charge in [0.2, 0.25) is 11.8 Å². The summed E-state index contributed by atoms with van der Waals surface area (Å²) in [6, 6.07) is 37.2. The zero-order valence-electron chi connectivity index (χ0n) is 38.5. The molecule has 6 aromatic rings. The lowest BCUT2D eigenvalue weighted by molar-refractivity contribution is -0.118. The maximum atomic E-state index is 12.4. The standard InChI is InChI=1S/2C22H23N3O.4C2H6/c2*1-3-20(26)24(2)21-17-11-7-8-12-19(17)23-22-18(21)13-14-25(22)15-16-9-5-4-6-10-16;4*1-2/h2*4-12H,3,13-15H2,1-2H3;4*1-2H3. The molecule has 0 saturated heterocycles. The van der Waals surface area contributed by atoms with Crippen molar-refractivity contribution in [3.05, 3.63) is 131 Å². The van der Waals surface area contributed by atoms with Crippen molar-refractivity contribution in [2.45, 2.75) is 108 Å². The van der Waals surface area contributed by atoms with Crippen LogP contribution >= 0.6 is 0 Å². The number of pyridine rings is 2. The molecule has 60 heavy (non-hydrogen) atoms. The van der Waals surface area contributed by atoms with E-state index in [2.05, 4.69) is 70.5 Å². The highest BCUT2D eigenvalue weighted by Crippen LogP contribution is 2.41. The molecule has 0 radical (unpaired) electrons. The molecular formula is C52H70N6O2. The summed E-state index contributed by atoms with van der Waals surface area (Å²) in [4.78, 5) is 43.0. The van der Waals surface area contributed by atoms with Gasteiger partial charge in [-0.15, -0.1) is 0 Å². The van der Waals surface area contributed by atoms with Crippen LogP contribution in [0.25, 0.3) is 21.8 Å². The second-order valence-electron chi connectivity index (χ2n) is 13.5. The van der Waals surface area contributed by atoms with Gasteiger partial charge in [0.05, 0.1) is 22.4 Å². The molecule has 8 nitrogen and oxygen atoms in total. The molecule has 2 aromatic heterocycles. The molecule has 0 N–H and O–H groups in total. The Labute approximate surface area is 361 Å². The molecule has 2 aliphatic heterocycles. The van der Waals surface area contributed by atoms with Crippen molar-refractivity contribution in [2.75, 3.05) is 46.8 Å². The molecule has 0 unspecified atom stereocenters. The first-order valence-corrected chi connectivity index (χ1v) is 22.3. The molecule has 2 amide bonds. The molecule has 0 spiro atoms. The van der Waals surface area contributed by atoms with Crippen molar-refractivity contribution in [1.82, 2.24) is 9.97 Å². The molecule has 320 valence electrons. The van der Waals surface area contributed by atoms with Gasteiger partial charge in [0.25, 0.3) is 0 Å². The monoisotopic (exact) mass is 811 g/mol. The zero-order valence-corrected chi connectivity index (χ0v) is 38.5. The fraction of sp³-hybridized carbons (Fsp3) is 0.385. The number of hydrogen-bond donors (Lipinski definition) is 0. The van der Waals surface area contributed by atoms with Crippen LogP contribution in [0.3, 0.4) is 0 Å². The van der Waals surface area contributed by atoms with Gasteiger partial charge in [-0.2, -0.15) is 0 Å². The summed E-state index contributed by atoms with van der Waals surface area (Å²) in [6.45, 7) is 23.3. The predicted octanol–water partition coefficient (Wildman–Crippen LogP) is 12.4. The van der Waals surface area contributed by atoms with E-state index < -0.39 is 0 Å². The summed E-state index contributed by atoms with van der Waals surface area (Å²) in [5.41, 5.74) is 8.84. The van der Waals surface area contributed by atoms with Gasteiger partial charge in [-0.3, -0.25) is 9.59 Å². The van der Waals surface area contributed by atoms with Crippen LogP contribution in [0.2, 0.25) is 0 Å². The first-order valence-electron chi connectivity index (χ1n) is 22.3. The topological polar surface area (TPSA) is 72.9 Å². The highest BCUT2D eigenvalue weighted by Gasteiger charge is 2.30. The minimum absolute atomic E-state index is 0.130. The van der Waals surface area contributed by atoms with Gasteiger partial charge in [0.15, 0.2) is 0 Å². The number of amides is 2. The first kappa shape index (κ1) is 48.6. The number of carbonyl (C=O) groups is 2. The molecule has 4 aromatic carbocycles. The van der Waals surface area contributed by atoms with Crippen LogP contribution in [0.1, 0.15) is 104 Å². The number of anilines is 4. The summed E-state index contributed by atoms with van der Waals surface area (Å²) >= 11 is 0. The van der Waals surface area contributed by atoms with E-state index in [9.17, 15) is 9.59 Å². The van der Waals surface area contributed by atoms with Gasteiger partial charge in [0.1, 0.15) is 11.6 Å². The third-order valence-corrected chi connectivity index (χ3v) is 10.2. The van der Waals surface area contributed by atoms with Crippen molar-refractivity contribution in [3.63, 3.8) is 0 Å². The Bertz CT molecular complexity index is 2070. The number of benzene rings is 4. The summed E-state index contributed by atoms with van der Waals surface area (Å²) in [5, 5.41) is 2.11. The molecule has 2 aliphatic rings. The lowest BCUT2D eigenvalue weighted by Gasteiger charge is -2.24. The lowest BCUT2D eigenvalue weighted by Crippen LogP contribution is -2.26. The predicted molar refractivity (Wildman–Crippen MR) is 259 cm³/mol. The summed E-state index contributed by atoms with van der Waals surface area (Å²) in [5.74, 6) is 2.28. The van der Waals surface area contributed by atoms with Crippen LogP contribution in [0, 0.1) is 0 Å². The van der Waals surface area contributed by atoms with Crippen LogP contribution < -0.4 is 19.6 Å². The second kappa shape index (κ2) is 25.0. The largest absolute Gasteiger partial charge is 0.352 e. The minimum atomic E-state index is 0.130. The minimum Gasteiger partial charge on any atom is -0.352 e. The van der Waals surface area contributed by atoms with Gasteiger partial charge in [-0.05, 0) is 36.1 Å². The van der Waals surface area contributed by atoms with E-state index in [1.165, 1.54) is 22.3 Å². The summed E-state index contributed by atoms with van der Waals surface area (Å²) in [7, 11) is 3.77. The summed E-state index contributed by atoms with van der Waals surface area (Å²) < 4.78 is 0. The van der Waals surface area contributed by atoms with Gasteiger partial charge in [0, 0.05) is 75.0 Å². The van der Waals surface area contributed by atoms with Crippen molar-refractivity contribution < 1.29 is 9.59 Å². The second-order valence-corrected chi connectivity index (χ2v) is 13.5. The number of carbonyl (C=O) groups excluding carboxylic acids is 2. The van der Waals surface area contributed by atoms with Gasteiger partial charge >= 0.3 is 0 Å². The average Bonchev–Trinajstić information content (AvgIpc) is 3.92. The molecule has 4 heterocycles. The molecule has 0 fully saturated rings. The Morgan fingerprint density at radius 2 is 0.817 bits per heavy atom. The van der Waals surface area contributed by atoms with E-state index in [0.717, 1.165) is 83.8 Å². The number of nitrogens with zero attached hydrogens (tertiary/aromatic N) is 6. The zero-order chi connectivity index (χ0) is 44.2. The lowest BCUT2D eigenvalue weighted by atomic mass is 10.1. The van der Waals surface area contributed by atoms with Crippen LogP contribution in [-0.2, 0) is 35.5 Å². The quantitative estimate of drug-likeness (QED) is 0.152. The molecule has 8 heteroatoms. The van der Waals surface area contributed by atoms with Crippen molar-refractivity contribution in [1.29, 1.82) is 0 Å². The highest BCUT2D eigenvalue weighted by molar-refractivity contribution is 6.06. The van der Waals surface area contributed by atoms with E-state index in [1.54, 1.807) is 0 Å². The smallest absolute Gasteiger partial charge is 0.226 e. The maximum absolute atomic E-state index is 12.4. The summed E-state index contributed by atoms with van der Waals surface area (Å²) in [6.07, 6.45) is 2.82. The molecule has 0 saturated carbocycles. The van der Waals surface area contributed by atoms with Crippen LogP contribution in [0.4, 0.5) is 23.0 Å². The number of hydrogen-bond acceptors (Lipinski definition) is 6. The third kappa shape index (κ3) is 11.3. The van der Waals surface area contributed by atoms with Gasteiger partial charge < -0.3 is 19.6 Å². The average molecular weight is 811 g/mol. The van der Waals surface area contributed by atoms with Crippen molar-refractivity contribution >= 4 is 56.6 Å². The molecule has 0 atom stereocenters. The fourth-order valence-electron chi connectivity index (χ4n) is 7.54. The third-order valence-electron chi connectivity index (χ3n) is 10.2. The van der Waals surface area contributed by atoms with Gasteiger partial charge in [-0.1, -0.05) is 166 Å². The Morgan fingerprint density at radius 3 is 1.15 bits per heavy atom. The van der Waals surface area contributed by atoms with Gasteiger partial charge in [-0.25, -0.2) is 9.97 Å². The van der Waals surface area contributed by atoms with Crippen LogP contribution in [-0.4, -0.2) is 49.0 Å². The number of rotatable bonds is 8. The van der Waals surface area contributed by atoms with E-state index in [-0.39, 0.29) is 11.8 Å². The maximum Gasteiger partial charge on any atom is 0.226 e. The number of para-hydroxylation sites is 2. The van der Waals surface area contributed by atoms with Crippen molar-refractivity contribution in [3.8, 4) is 0 Å². The van der Waals surface area contributed by atoms with Crippen molar-refractivity contribution in [2.24, 2.45) is 0 Å². The Balaban J connectivity index is 0.000000275.